The van der Waals surface area contributed by atoms with E-state index in [2.05, 4.69) is 46.5 Å². The molecular weight excluding hydrogens is 737 g/mol. The average Bonchev–Trinajstić information content (AvgIpc) is 3.78. The summed E-state index contributed by atoms with van der Waals surface area (Å²) in [6, 6.07) is 1.77. The minimum atomic E-state index is -0.401. The van der Waals surface area contributed by atoms with Crippen LogP contribution in [0.5, 0.6) is 0 Å². The molecule has 0 radical (unpaired) electrons. The van der Waals surface area contributed by atoms with Gasteiger partial charge in [-0.2, -0.15) is 0 Å². The zero-order valence-corrected chi connectivity index (χ0v) is 37.5. The van der Waals surface area contributed by atoms with Crippen molar-refractivity contribution in [3.05, 3.63) is 11.3 Å². The summed E-state index contributed by atoms with van der Waals surface area (Å²) in [5.41, 5.74) is 1.49. The molecule has 7 aliphatic rings. The Morgan fingerprint density at radius 3 is 2.38 bits per heavy atom. The Bertz CT molecular complexity index is 1410. The van der Waals surface area contributed by atoms with Gasteiger partial charge >= 0.3 is 0 Å². The molecule has 0 aromatic rings. The summed E-state index contributed by atoms with van der Waals surface area (Å²) in [6.45, 7) is 11.7. The second-order valence-electron chi connectivity index (χ2n) is 20.0. The zero-order chi connectivity index (χ0) is 39.6. The van der Waals surface area contributed by atoms with E-state index in [9.17, 15) is 9.90 Å². The summed E-state index contributed by atoms with van der Waals surface area (Å²) in [7, 11) is 3.59. The van der Waals surface area contributed by atoms with Crippen molar-refractivity contribution in [3.63, 3.8) is 0 Å². The molecule has 0 aromatic heterocycles. The maximum atomic E-state index is 13.9. The van der Waals surface area contributed by atoms with E-state index in [0.29, 0.717) is 41.9 Å². The second kappa shape index (κ2) is 19.2. The molecule has 6 fully saturated rings. The highest BCUT2D eigenvalue weighted by atomic mass is 32.8. The largest absolute Gasteiger partial charge is 0.501 e. The van der Waals surface area contributed by atoms with Crippen LogP contribution in [0.15, 0.2) is 16.3 Å². The molecule has 1 amide bonds. The van der Waals surface area contributed by atoms with Gasteiger partial charge in [0.1, 0.15) is 6.23 Å². The molecule has 8 nitrogen and oxygen atoms in total. The number of unbranched alkanes of at least 4 members (excludes halogenated alkanes) is 4. The van der Waals surface area contributed by atoms with Gasteiger partial charge in [0, 0.05) is 68.0 Å². The molecule has 3 aliphatic heterocycles. The van der Waals surface area contributed by atoms with E-state index >= 15 is 0 Å². The number of allylic oxidation sites excluding steroid dienone is 1. The molecule has 56 heavy (non-hydrogen) atoms. The summed E-state index contributed by atoms with van der Waals surface area (Å²) >= 11 is 5.92. The van der Waals surface area contributed by atoms with Crippen LogP contribution in [0.3, 0.4) is 0 Å². The van der Waals surface area contributed by atoms with Gasteiger partial charge in [-0.25, -0.2) is 0 Å². The molecule has 7 rings (SSSR count). The monoisotopic (exact) mass is 815 g/mol. The molecule has 318 valence electrons. The number of aliphatic hydroxyl groups excluding tert-OH is 1. The number of ether oxygens (including phenoxy) is 2. The van der Waals surface area contributed by atoms with Crippen LogP contribution in [-0.4, -0.2) is 120 Å². The van der Waals surface area contributed by atoms with Crippen LogP contribution in [0, 0.1) is 29.6 Å². The Kier molecular flexibility index (Phi) is 14.8. The van der Waals surface area contributed by atoms with Crippen LogP contribution in [0.4, 0.5) is 0 Å². The third-order valence-corrected chi connectivity index (χ3v) is 19.5. The average molecular weight is 815 g/mol. The van der Waals surface area contributed by atoms with Gasteiger partial charge < -0.3 is 19.5 Å². The highest BCUT2D eigenvalue weighted by Crippen LogP contribution is 2.48. The van der Waals surface area contributed by atoms with Crippen LogP contribution in [-0.2, 0) is 34.9 Å². The number of amides is 1. The van der Waals surface area contributed by atoms with Crippen LogP contribution >= 0.6 is 0 Å². The summed E-state index contributed by atoms with van der Waals surface area (Å²) in [4.78, 5) is 26.1. The Labute approximate surface area is 347 Å². The smallest absolute Gasteiger partial charge is 0.228 e. The van der Waals surface area contributed by atoms with Crippen LogP contribution in [0.2, 0.25) is 0 Å². The summed E-state index contributed by atoms with van der Waals surface area (Å²) < 4.78 is 12.3. The van der Waals surface area contributed by atoms with E-state index in [1.54, 1.807) is 0 Å². The lowest BCUT2D eigenvalue weighted by atomic mass is 9.73. The first-order valence-electron chi connectivity index (χ1n) is 23.1. The lowest BCUT2D eigenvalue weighted by molar-refractivity contribution is -0.141. The fourth-order valence-corrected chi connectivity index (χ4v) is 13.7. The summed E-state index contributed by atoms with van der Waals surface area (Å²) in [6.07, 6.45) is 26.5. The number of nitrogens with zero attached hydrogens (tertiary/aromatic N) is 4. The Morgan fingerprint density at radius 2 is 1.64 bits per heavy atom. The zero-order valence-electron chi connectivity index (χ0n) is 35.9. The standard InChI is InChI=1S/C46H78N4O4S2/c1-46(2,56(6)55)30-48-29-35-24-32-17-13-15-21-40(32)50(35)45(52)37-28-43(54-5)34(26-41(37)48)19-11-9-7-8-10-18-33-25-38(47-3)36(27-42(33)53-4)44(51)49-23-22-31-16-12-14-20-39(31)49/h31-33,35-42,45,52H,3,7-30H2,1-2,4-6H3/t31?,32?,33-,35-,36?,37?,38?,39?,40?,41?,42?,45?,56?/m0/s1. The molecule has 0 bridgehead atoms. The molecule has 0 spiro atoms. The predicted molar refractivity (Wildman–Crippen MR) is 234 cm³/mol. The first-order chi connectivity index (χ1) is 27.0. The van der Waals surface area contributed by atoms with Gasteiger partial charge in [0.05, 0.1) is 30.9 Å². The van der Waals surface area contributed by atoms with E-state index < -0.39 is 6.23 Å². The number of hydrogen-bond donors (Lipinski definition) is 1. The number of carbonyl (C=O) groups is 1. The van der Waals surface area contributed by atoms with Crippen LogP contribution < -0.4 is 0 Å². The minimum absolute atomic E-state index is 0.0117. The van der Waals surface area contributed by atoms with Gasteiger partial charge in [-0.05, 0) is 127 Å². The Balaban J connectivity index is 0.908. The van der Waals surface area contributed by atoms with Crippen molar-refractivity contribution in [2.45, 2.75) is 196 Å². The van der Waals surface area contributed by atoms with Gasteiger partial charge in [-0.1, -0.05) is 62.6 Å². The number of hydrogen-bond acceptors (Lipinski definition) is 8. The van der Waals surface area contributed by atoms with Crippen molar-refractivity contribution in [1.29, 1.82) is 0 Å². The van der Waals surface area contributed by atoms with Crippen molar-refractivity contribution in [2.24, 2.45) is 34.6 Å². The van der Waals surface area contributed by atoms with E-state index in [4.69, 9.17) is 20.7 Å². The molecule has 3 saturated carbocycles. The maximum Gasteiger partial charge on any atom is 0.228 e. The number of rotatable bonds is 15. The number of methoxy groups -OCH3 is 2. The highest BCUT2D eigenvalue weighted by molar-refractivity contribution is 8.29. The van der Waals surface area contributed by atoms with E-state index in [-0.39, 0.29) is 38.2 Å². The second-order valence-corrected chi connectivity index (χ2v) is 23.5. The topological polar surface area (TPSA) is 77.8 Å². The number of aliphatic hydroxyl groups is 1. The normalized spacial score (nSPS) is 38.6. The fraction of sp³-hybridized carbons (Fsp3) is 0.913. The van der Waals surface area contributed by atoms with Gasteiger partial charge in [-0.3, -0.25) is 19.6 Å². The van der Waals surface area contributed by atoms with Crippen molar-refractivity contribution in [1.82, 2.24) is 14.7 Å². The molecule has 3 saturated heterocycles. The summed E-state index contributed by atoms with van der Waals surface area (Å²) in [5, 5.41) is 12.3. The van der Waals surface area contributed by atoms with Gasteiger partial charge in [-0.15, -0.1) is 9.45 Å². The molecule has 1 N–H and O–H groups in total. The molecule has 3 heterocycles. The fourth-order valence-electron chi connectivity index (χ4n) is 13.2. The number of fused-ring (bicyclic) bond motifs is 5. The molecule has 4 aliphatic carbocycles. The molecule has 10 heteroatoms. The van der Waals surface area contributed by atoms with E-state index in [0.717, 1.165) is 69.8 Å². The molecule has 11 unspecified atom stereocenters. The summed E-state index contributed by atoms with van der Waals surface area (Å²) in [5.74, 6) is 3.45. The first-order valence-corrected chi connectivity index (χ1v) is 25.7. The molecule has 13 atom stereocenters. The van der Waals surface area contributed by atoms with Gasteiger partial charge in [0.2, 0.25) is 5.91 Å². The van der Waals surface area contributed by atoms with Crippen LogP contribution in [0.25, 0.3) is 0 Å². The lowest BCUT2D eigenvalue weighted by Crippen LogP contribution is -2.52. The van der Waals surface area contributed by atoms with E-state index in [1.807, 2.05) is 14.2 Å². The Morgan fingerprint density at radius 1 is 0.929 bits per heavy atom. The highest BCUT2D eigenvalue weighted by Gasteiger charge is 2.53. The Hall–Kier alpha value is -0.910. The maximum absolute atomic E-state index is 13.9. The van der Waals surface area contributed by atoms with E-state index in [1.165, 1.54) is 102 Å². The first kappa shape index (κ1) is 43.2. The quantitative estimate of drug-likeness (QED) is 0.133. The van der Waals surface area contributed by atoms with Crippen molar-refractivity contribution >= 4 is 33.3 Å². The van der Waals surface area contributed by atoms with Gasteiger partial charge in [0.25, 0.3) is 0 Å². The molecule has 0 aromatic carbocycles. The van der Waals surface area contributed by atoms with Crippen molar-refractivity contribution < 1.29 is 19.4 Å². The number of likely N-dealkylation sites (tertiary alicyclic amines) is 1. The van der Waals surface area contributed by atoms with Crippen LogP contribution in [0.1, 0.15) is 149 Å². The minimum Gasteiger partial charge on any atom is -0.501 e. The van der Waals surface area contributed by atoms with Crippen molar-refractivity contribution in [3.8, 4) is 0 Å². The predicted octanol–water partition coefficient (Wildman–Crippen LogP) is 8.05. The number of carbonyl (C=O) groups excluding carboxylic acids is 1. The van der Waals surface area contributed by atoms with Crippen molar-refractivity contribution in [2.75, 3.05) is 40.1 Å². The molecular formula is C46H78N4O4S2. The number of aliphatic imine (C=N–C) groups is 1. The third-order valence-electron chi connectivity index (χ3n) is 16.4. The van der Waals surface area contributed by atoms with Gasteiger partial charge in [0.15, 0.2) is 0 Å². The SMILES string of the molecule is C=NC1C[C@H](CCCCCCCC2=C(OC)CC3C(C2)N(CC(C)(C)S(C)=S)C[C@@H]2CC4CCCCC4N2C3O)C(OC)CC1C(=O)N1CCC2CCCCC21. The lowest BCUT2D eigenvalue weighted by Gasteiger charge is -2.45. The third kappa shape index (κ3) is 9.21.